The molecule has 0 amide bonds. The first-order valence-corrected chi connectivity index (χ1v) is 7.41. The van der Waals surface area contributed by atoms with Crippen LogP contribution in [0, 0.1) is 0 Å². The zero-order valence-electron chi connectivity index (χ0n) is 12.8. The molecular weight excluding hydrogens is 416 g/mol. The van der Waals surface area contributed by atoms with Crippen molar-refractivity contribution in [3.63, 3.8) is 0 Å². The van der Waals surface area contributed by atoms with Gasteiger partial charge in [0.25, 0.3) is 0 Å². The van der Waals surface area contributed by atoms with Crippen molar-refractivity contribution in [2.24, 2.45) is 0 Å². The Labute approximate surface area is 158 Å². The van der Waals surface area contributed by atoms with E-state index in [0.29, 0.717) is 0 Å². The lowest BCUT2D eigenvalue weighted by Gasteiger charge is -2.01. The first kappa shape index (κ1) is 19.5. The molecular formula is C19H20Br2N2. The number of aryl methyl sites for hydroxylation is 2. The monoisotopic (exact) mass is 434 g/mol. The molecule has 1 N–H and O–H groups in total. The van der Waals surface area contributed by atoms with Gasteiger partial charge in [0.2, 0.25) is 0 Å². The normalized spacial score (nSPS) is 9.57. The Hall–Kier alpha value is -1.52. The Morgan fingerprint density at radius 2 is 1.35 bits per heavy atom. The second-order valence-electron chi connectivity index (χ2n) is 5.20. The van der Waals surface area contributed by atoms with Gasteiger partial charge in [-0.05, 0) is 23.1 Å². The fraction of sp³-hybridized carbons (Fsp3) is 0.158. The summed E-state index contributed by atoms with van der Waals surface area (Å²) in [6.07, 6.45) is 10.5. The van der Waals surface area contributed by atoms with Crippen LogP contribution in [0.5, 0.6) is 0 Å². The van der Waals surface area contributed by atoms with Gasteiger partial charge in [-0.2, -0.15) is 0 Å². The van der Waals surface area contributed by atoms with Crippen molar-refractivity contribution in [1.82, 2.24) is 0 Å². The van der Waals surface area contributed by atoms with Crippen LogP contribution in [-0.4, -0.2) is 0 Å². The number of hydrogen-bond donors (Lipinski definition) is 0. The van der Waals surface area contributed by atoms with Crippen LogP contribution in [0.2, 0.25) is 0 Å². The molecule has 2 aromatic heterocycles. The molecule has 0 unspecified atom stereocenters. The van der Waals surface area contributed by atoms with Gasteiger partial charge in [0, 0.05) is 30.7 Å². The molecule has 2 heterocycles. The minimum atomic E-state index is 0. The average molecular weight is 436 g/mol. The minimum Gasteiger partial charge on any atom is -1.00 e. The number of rotatable bonds is 5. The van der Waals surface area contributed by atoms with Gasteiger partial charge in [-0.15, -0.1) is 0 Å². The van der Waals surface area contributed by atoms with Crippen molar-refractivity contribution in [3.05, 3.63) is 84.9 Å². The molecule has 0 fully saturated rings. The maximum Gasteiger partial charge on any atom is 0.169 e. The SMILES string of the molecule is [Br-].[Br-].c1ccc(CCC[n+]2ccc(-c3cc[nH+]cc3)cc2)cc1. The molecule has 3 rings (SSSR count). The van der Waals surface area contributed by atoms with Crippen LogP contribution in [0.15, 0.2) is 79.4 Å². The molecule has 0 spiro atoms. The number of halogens is 2. The maximum absolute atomic E-state index is 3.05. The third-order valence-corrected chi connectivity index (χ3v) is 3.67. The molecule has 0 aliphatic heterocycles. The quantitative estimate of drug-likeness (QED) is 0.383. The van der Waals surface area contributed by atoms with E-state index in [2.05, 4.69) is 76.5 Å². The Bertz CT molecular complexity index is 671. The summed E-state index contributed by atoms with van der Waals surface area (Å²) in [4.78, 5) is 3.05. The molecule has 0 radical (unpaired) electrons. The maximum atomic E-state index is 3.05. The summed E-state index contributed by atoms with van der Waals surface area (Å²) < 4.78 is 2.25. The van der Waals surface area contributed by atoms with Gasteiger partial charge in [-0.25, -0.2) is 9.55 Å². The molecule has 0 saturated carbocycles. The summed E-state index contributed by atoms with van der Waals surface area (Å²) in [6, 6.07) is 19.2. The van der Waals surface area contributed by atoms with E-state index in [4.69, 9.17) is 0 Å². The zero-order valence-corrected chi connectivity index (χ0v) is 16.0. The van der Waals surface area contributed by atoms with Crippen LogP contribution < -0.4 is 43.5 Å². The van der Waals surface area contributed by atoms with Crippen molar-refractivity contribution in [1.29, 1.82) is 0 Å². The summed E-state index contributed by atoms with van der Waals surface area (Å²) in [5.74, 6) is 0. The van der Waals surface area contributed by atoms with E-state index >= 15 is 0 Å². The average Bonchev–Trinajstić information content (AvgIpc) is 2.57. The van der Waals surface area contributed by atoms with Crippen LogP contribution in [0.25, 0.3) is 11.1 Å². The fourth-order valence-electron chi connectivity index (χ4n) is 2.49. The molecule has 0 saturated heterocycles. The van der Waals surface area contributed by atoms with Crippen molar-refractivity contribution < 1.29 is 43.5 Å². The van der Waals surface area contributed by atoms with Crippen LogP contribution in [-0.2, 0) is 13.0 Å². The Kier molecular flexibility index (Phi) is 8.74. The number of nitrogens with zero attached hydrogens (tertiary/aromatic N) is 1. The highest BCUT2D eigenvalue weighted by atomic mass is 79.9. The van der Waals surface area contributed by atoms with E-state index in [-0.39, 0.29) is 34.0 Å². The summed E-state index contributed by atoms with van der Waals surface area (Å²) >= 11 is 0. The van der Waals surface area contributed by atoms with E-state index in [0.717, 1.165) is 19.4 Å². The highest BCUT2D eigenvalue weighted by Gasteiger charge is 2.03. The van der Waals surface area contributed by atoms with Crippen molar-refractivity contribution >= 4 is 0 Å². The molecule has 120 valence electrons. The summed E-state index contributed by atoms with van der Waals surface area (Å²) in [5.41, 5.74) is 3.91. The first-order chi connectivity index (χ1) is 10.4. The molecule has 2 nitrogen and oxygen atoms in total. The van der Waals surface area contributed by atoms with Crippen LogP contribution >= 0.6 is 0 Å². The van der Waals surface area contributed by atoms with Crippen LogP contribution in [0.1, 0.15) is 12.0 Å². The number of H-pyrrole nitrogens is 1. The molecule has 0 bridgehead atoms. The topological polar surface area (TPSA) is 18.0 Å². The molecule has 0 aliphatic carbocycles. The number of nitrogens with one attached hydrogen (secondary N) is 1. The van der Waals surface area contributed by atoms with Crippen LogP contribution in [0.3, 0.4) is 0 Å². The Morgan fingerprint density at radius 3 is 2.00 bits per heavy atom. The first-order valence-electron chi connectivity index (χ1n) is 7.41. The number of aromatic amines is 1. The predicted molar refractivity (Wildman–Crippen MR) is 83.4 cm³/mol. The molecule has 23 heavy (non-hydrogen) atoms. The van der Waals surface area contributed by atoms with Gasteiger partial charge in [0.15, 0.2) is 24.8 Å². The van der Waals surface area contributed by atoms with Crippen molar-refractivity contribution in [3.8, 4) is 11.1 Å². The lowest BCUT2D eigenvalue weighted by molar-refractivity contribution is -0.697. The second kappa shape index (κ2) is 10.3. The summed E-state index contributed by atoms with van der Waals surface area (Å²) in [7, 11) is 0. The minimum absolute atomic E-state index is 0. The molecule has 4 heteroatoms. The molecule has 0 atom stereocenters. The molecule has 0 aliphatic rings. The van der Waals surface area contributed by atoms with Crippen LogP contribution in [0.4, 0.5) is 0 Å². The van der Waals surface area contributed by atoms with Gasteiger partial charge in [-0.1, -0.05) is 30.3 Å². The number of aromatic nitrogens is 2. The van der Waals surface area contributed by atoms with E-state index in [1.54, 1.807) is 0 Å². The number of hydrogen-bond acceptors (Lipinski definition) is 0. The van der Waals surface area contributed by atoms with Gasteiger partial charge >= 0.3 is 0 Å². The molecule has 3 aromatic rings. The fourth-order valence-corrected chi connectivity index (χ4v) is 2.49. The van der Waals surface area contributed by atoms with Crippen molar-refractivity contribution in [2.75, 3.05) is 0 Å². The highest BCUT2D eigenvalue weighted by molar-refractivity contribution is 5.60. The van der Waals surface area contributed by atoms with E-state index in [9.17, 15) is 0 Å². The lowest BCUT2D eigenvalue weighted by atomic mass is 10.1. The number of pyridine rings is 2. The zero-order chi connectivity index (χ0) is 14.3. The third-order valence-electron chi connectivity index (χ3n) is 3.67. The van der Waals surface area contributed by atoms with Crippen molar-refractivity contribution in [2.45, 2.75) is 19.4 Å². The summed E-state index contributed by atoms with van der Waals surface area (Å²) in [6.45, 7) is 1.05. The predicted octanol–water partition coefficient (Wildman–Crippen LogP) is -2.90. The largest absolute Gasteiger partial charge is 1.00 e. The van der Waals surface area contributed by atoms with E-state index in [1.807, 2.05) is 12.4 Å². The third kappa shape index (κ3) is 5.88. The van der Waals surface area contributed by atoms with Gasteiger partial charge in [0.1, 0.15) is 6.54 Å². The van der Waals surface area contributed by atoms with Gasteiger partial charge in [-0.3, -0.25) is 0 Å². The highest BCUT2D eigenvalue weighted by Crippen LogP contribution is 2.15. The standard InChI is InChI=1S/C19H19N2.2BrH/c1-2-5-17(6-3-1)7-4-14-21-15-10-19(11-16-21)18-8-12-20-13-9-18;;/h1-3,5-6,8-13,15-16H,4,7,14H2;2*1H/q+1;;/p-1. The van der Waals surface area contributed by atoms with E-state index < -0.39 is 0 Å². The van der Waals surface area contributed by atoms with E-state index in [1.165, 1.54) is 16.7 Å². The summed E-state index contributed by atoms with van der Waals surface area (Å²) in [5, 5.41) is 0. The Morgan fingerprint density at radius 1 is 0.739 bits per heavy atom. The Balaban J connectivity index is 0.00000132. The second-order valence-corrected chi connectivity index (χ2v) is 5.20. The lowest BCUT2D eigenvalue weighted by Crippen LogP contribution is -3.00. The smallest absolute Gasteiger partial charge is 0.169 e. The number of benzene rings is 1. The van der Waals surface area contributed by atoms with Gasteiger partial charge < -0.3 is 34.0 Å². The van der Waals surface area contributed by atoms with Gasteiger partial charge in [0.05, 0.1) is 0 Å². The molecule has 1 aromatic carbocycles.